The Morgan fingerprint density at radius 1 is 1.25 bits per heavy atom. The number of benzene rings is 1. The second kappa shape index (κ2) is 7.77. The van der Waals surface area contributed by atoms with Gasteiger partial charge in [-0.2, -0.15) is 4.98 Å². The fourth-order valence-corrected chi connectivity index (χ4v) is 2.99. The number of hydrogen-bond donors (Lipinski definition) is 1. The van der Waals surface area contributed by atoms with Crippen molar-refractivity contribution in [2.24, 2.45) is 0 Å². The van der Waals surface area contributed by atoms with Crippen molar-refractivity contribution in [2.45, 2.75) is 26.2 Å². The fourth-order valence-electron chi connectivity index (χ4n) is 2.80. The van der Waals surface area contributed by atoms with Crippen LogP contribution in [-0.2, 0) is 17.6 Å². The summed E-state index contributed by atoms with van der Waals surface area (Å²) in [7, 11) is 0. The van der Waals surface area contributed by atoms with Crippen LogP contribution in [0.3, 0.4) is 0 Å². The Morgan fingerprint density at radius 2 is 2.14 bits per heavy atom. The molecule has 0 saturated heterocycles. The summed E-state index contributed by atoms with van der Waals surface area (Å²) in [4.78, 5) is 16.8. The lowest BCUT2D eigenvalue weighted by Gasteiger charge is -2.05. The van der Waals surface area contributed by atoms with Gasteiger partial charge in [0.05, 0.1) is 12.0 Å². The summed E-state index contributed by atoms with van der Waals surface area (Å²) < 4.78 is 7.08. The number of aromatic nitrogens is 5. The van der Waals surface area contributed by atoms with Crippen LogP contribution in [0.4, 0.5) is 5.69 Å². The summed E-state index contributed by atoms with van der Waals surface area (Å²) in [6.07, 6.45) is 3.55. The molecule has 4 aromatic rings. The minimum absolute atomic E-state index is 0.0576. The number of anilines is 1. The van der Waals surface area contributed by atoms with E-state index in [1.165, 1.54) is 0 Å². The number of nitrogens with one attached hydrogen (secondary N) is 1. The lowest BCUT2D eigenvalue weighted by Crippen LogP contribution is -2.16. The quantitative estimate of drug-likeness (QED) is 0.535. The molecule has 0 fully saturated rings. The van der Waals surface area contributed by atoms with Crippen molar-refractivity contribution < 1.29 is 9.32 Å². The van der Waals surface area contributed by atoms with Gasteiger partial charge in [-0.05, 0) is 36.8 Å². The standard InChI is InChI=1S/C19H17ClN6O2/c1-2-4-15-22-19(28-25-15)12-7-8-16-23-24-17(26(16)11-12)10-18(27)21-14-6-3-5-13(20)9-14/h3,5-9,11H,2,4,10H2,1H3,(H,21,27). The SMILES string of the molecule is CCCc1noc(-c2ccc3nnc(CC(=O)Nc4cccc(Cl)c4)n3c2)n1. The highest BCUT2D eigenvalue weighted by Gasteiger charge is 2.14. The largest absolute Gasteiger partial charge is 0.334 e. The minimum Gasteiger partial charge on any atom is -0.334 e. The zero-order chi connectivity index (χ0) is 19.5. The van der Waals surface area contributed by atoms with Crippen LogP contribution in [0.5, 0.6) is 0 Å². The second-order valence-electron chi connectivity index (χ2n) is 6.26. The van der Waals surface area contributed by atoms with E-state index in [4.69, 9.17) is 16.1 Å². The maximum Gasteiger partial charge on any atom is 0.259 e. The van der Waals surface area contributed by atoms with E-state index in [9.17, 15) is 4.79 Å². The van der Waals surface area contributed by atoms with Gasteiger partial charge in [0.25, 0.3) is 5.89 Å². The van der Waals surface area contributed by atoms with E-state index in [0.29, 0.717) is 33.9 Å². The molecule has 1 N–H and O–H groups in total. The van der Waals surface area contributed by atoms with Crippen LogP contribution in [0.15, 0.2) is 47.1 Å². The Bertz CT molecular complexity index is 1140. The molecular weight excluding hydrogens is 380 g/mol. The van der Waals surface area contributed by atoms with Crippen LogP contribution in [0.1, 0.15) is 25.0 Å². The highest BCUT2D eigenvalue weighted by atomic mass is 35.5. The molecule has 1 aromatic carbocycles. The molecule has 28 heavy (non-hydrogen) atoms. The first kappa shape index (κ1) is 18.1. The van der Waals surface area contributed by atoms with Gasteiger partial charge in [0.2, 0.25) is 5.91 Å². The first-order valence-electron chi connectivity index (χ1n) is 8.84. The van der Waals surface area contributed by atoms with Crippen LogP contribution in [0.2, 0.25) is 5.02 Å². The van der Waals surface area contributed by atoms with E-state index < -0.39 is 0 Å². The third-order valence-corrected chi connectivity index (χ3v) is 4.32. The van der Waals surface area contributed by atoms with E-state index in [0.717, 1.165) is 18.4 Å². The number of carbonyl (C=O) groups is 1. The summed E-state index contributed by atoms with van der Waals surface area (Å²) in [5.74, 6) is 1.38. The number of pyridine rings is 1. The van der Waals surface area contributed by atoms with Crippen molar-refractivity contribution in [1.82, 2.24) is 24.7 Å². The lowest BCUT2D eigenvalue weighted by atomic mass is 10.2. The lowest BCUT2D eigenvalue weighted by molar-refractivity contribution is -0.115. The molecule has 142 valence electrons. The van der Waals surface area contributed by atoms with Gasteiger partial charge in [0.1, 0.15) is 5.82 Å². The van der Waals surface area contributed by atoms with Crippen LogP contribution in [0, 0.1) is 0 Å². The van der Waals surface area contributed by atoms with E-state index in [1.807, 2.05) is 6.07 Å². The van der Waals surface area contributed by atoms with Gasteiger partial charge in [-0.3, -0.25) is 9.20 Å². The van der Waals surface area contributed by atoms with Gasteiger partial charge >= 0.3 is 0 Å². The minimum atomic E-state index is -0.218. The monoisotopic (exact) mass is 396 g/mol. The summed E-state index contributed by atoms with van der Waals surface area (Å²) >= 11 is 5.95. The van der Waals surface area contributed by atoms with Crippen LogP contribution in [-0.4, -0.2) is 30.6 Å². The topological polar surface area (TPSA) is 98.2 Å². The van der Waals surface area contributed by atoms with Gasteiger partial charge in [0.15, 0.2) is 11.5 Å². The molecule has 0 spiro atoms. The Morgan fingerprint density at radius 3 is 2.96 bits per heavy atom. The maximum atomic E-state index is 12.4. The van der Waals surface area contributed by atoms with Crippen molar-refractivity contribution in [3.8, 4) is 11.5 Å². The van der Waals surface area contributed by atoms with Crippen LogP contribution >= 0.6 is 11.6 Å². The van der Waals surface area contributed by atoms with Gasteiger partial charge in [0, 0.05) is 23.3 Å². The molecule has 0 saturated carbocycles. The second-order valence-corrected chi connectivity index (χ2v) is 6.70. The zero-order valence-corrected chi connectivity index (χ0v) is 15.8. The molecule has 0 unspecified atom stereocenters. The van der Waals surface area contributed by atoms with E-state index in [2.05, 4.69) is 32.6 Å². The predicted octanol–water partition coefficient (Wildman–Crippen LogP) is 3.57. The number of nitrogens with zero attached hydrogens (tertiary/aromatic N) is 5. The van der Waals surface area contributed by atoms with Gasteiger partial charge in [-0.1, -0.05) is 29.7 Å². The number of amides is 1. The average Bonchev–Trinajstić information content (AvgIpc) is 3.29. The first-order valence-corrected chi connectivity index (χ1v) is 9.22. The number of hydrogen-bond acceptors (Lipinski definition) is 6. The molecule has 0 atom stereocenters. The van der Waals surface area contributed by atoms with Crippen LogP contribution in [0.25, 0.3) is 17.1 Å². The Hall–Kier alpha value is -3.26. The third kappa shape index (κ3) is 3.86. The van der Waals surface area contributed by atoms with Crippen molar-refractivity contribution in [2.75, 3.05) is 5.32 Å². The molecule has 1 amide bonds. The van der Waals surface area contributed by atoms with Gasteiger partial charge in [-0.25, -0.2) is 0 Å². The molecule has 0 radical (unpaired) electrons. The third-order valence-electron chi connectivity index (χ3n) is 4.09. The van der Waals surface area contributed by atoms with Crippen molar-refractivity contribution in [3.05, 3.63) is 59.3 Å². The molecule has 4 rings (SSSR count). The molecule has 9 heteroatoms. The summed E-state index contributed by atoms with van der Waals surface area (Å²) in [5, 5.41) is 15.6. The van der Waals surface area contributed by atoms with E-state index in [1.54, 1.807) is 40.9 Å². The van der Waals surface area contributed by atoms with Crippen molar-refractivity contribution in [1.29, 1.82) is 0 Å². The Balaban J connectivity index is 1.56. The molecule has 8 nitrogen and oxygen atoms in total. The van der Waals surface area contributed by atoms with Crippen molar-refractivity contribution >= 4 is 28.8 Å². The molecule has 3 aromatic heterocycles. The Kier molecular flexibility index (Phi) is 5.03. The number of fused-ring (bicyclic) bond motifs is 1. The first-order chi connectivity index (χ1) is 13.6. The molecule has 3 heterocycles. The summed E-state index contributed by atoms with van der Waals surface area (Å²) in [5.41, 5.74) is 1.99. The molecule has 0 bridgehead atoms. The summed E-state index contributed by atoms with van der Waals surface area (Å²) in [6, 6.07) is 10.6. The number of aryl methyl sites for hydroxylation is 1. The number of rotatable bonds is 6. The number of halogens is 1. The normalized spacial score (nSPS) is 11.1. The molecule has 0 aliphatic rings. The average molecular weight is 397 g/mol. The maximum absolute atomic E-state index is 12.4. The van der Waals surface area contributed by atoms with E-state index >= 15 is 0 Å². The van der Waals surface area contributed by atoms with Crippen molar-refractivity contribution in [3.63, 3.8) is 0 Å². The molecule has 0 aliphatic heterocycles. The Labute approximate surface area is 165 Å². The zero-order valence-electron chi connectivity index (χ0n) is 15.1. The number of carbonyl (C=O) groups excluding carboxylic acids is 1. The fraction of sp³-hybridized carbons (Fsp3) is 0.211. The molecule has 0 aliphatic carbocycles. The van der Waals surface area contributed by atoms with Gasteiger partial charge in [-0.15, -0.1) is 10.2 Å². The van der Waals surface area contributed by atoms with E-state index in [-0.39, 0.29) is 12.3 Å². The highest BCUT2D eigenvalue weighted by molar-refractivity contribution is 6.30. The van der Waals surface area contributed by atoms with Gasteiger partial charge < -0.3 is 9.84 Å². The highest BCUT2D eigenvalue weighted by Crippen LogP contribution is 2.19. The van der Waals surface area contributed by atoms with Crippen LogP contribution < -0.4 is 5.32 Å². The molecular formula is C19H17ClN6O2. The summed E-state index contributed by atoms with van der Waals surface area (Å²) in [6.45, 7) is 2.06. The predicted molar refractivity (Wildman–Crippen MR) is 104 cm³/mol. The smallest absolute Gasteiger partial charge is 0.259 e.